The minimum Gasteiger partial charge on any atom is -0.350 e. The molecule has 16 heavy (non-hydrogen) atoms. The van der Waals surface area contributed by atoms with Crippen LogP contribution in [0.4, 0.5) is 5.13 Å². The minimum absolute atomic E-state index is 0.157. The van der Waals surface area contributed by atoms with Gasteiger partial charge in [-0.1, -0.05) is 0 Å². The molecule has 0 amide bonds. The smallest absolute Gasteiger partial charge is 0.185 e. The SMILES string of the molecule is CNCc1cnc(N(C)CCS(C)(=O)=O)s1. The van der Waals surface area contributed by atoms with E-state index in [0.717, 1.165) is 16.6 Å². The van der Waals surface area contributed by atoms with E-state index < -0.39 is 9.84 Å². The highest BCUT2D eigenvalue weighted by Gasteiger charge is 2.09. The summed E-state index contributed by atoms with van der Waals surface area (Å²) in [5.41, 5.74) is 0. The Hall–Kier alpha value is -0.660. The molecular formula is C9H17N3O2S2. The molecule has 0 radical (unpaired) electrons. The second-order valence-corrected chi connectivity index (χ2v) is 7.04. The third-order valence-corrected chi connectivity index (χ3v) is 4.05. The molecule has 0 unspecified atom stereocenters. The van der Waals surface area contributed by atoms with Crippen LogP contribution in [0, 0.1) is 0 Å². The Labute approximate surface area is 100 Å². The third kappa shape index (κ3) is 4.46. The van der Waals surface area contributed by atoms with Crippen molar-refractivity contribution in [3.05, 3.63) is 11.1 Å². The highest BCUT2D eigenvalue weighted by atomic mass is 32.2. The number of rotatable bonds is 6. The molecule has 0 saturated heterocycles. The first-order valence-corrected chi connectivity index (χ1v) is 7.78. The van der Waals surface area contributed by atoms with Crippen molar-refractivity contribution in [1.29, 1.82) is 0 Å². The molecule has 1 aromatic rings. The Bertz CT molecular complexity index is 428. The topological polar surface area (TPSA) is 62.3 Å². The number of nitrogens with zero attached hydrogens (tertiary/aromatic N) is 2. The second-order valence-electron chi connectivity index (χ2n) is 3.69. The zero-order valence-electron chi connectivity index (χ0n) is 9.73. The predicted octanol–water partition coefficient (Wildman–Crippen LogP) is 0.343. The molecule has 1 heterocycles. The lowest BCUT2D eigenvalue weighted by Crippen LogP contribution is -2.24. The summed E-state index contributed by atoms with van der Waals surface area (Å²) in [7, 11) is 0.828. The first-order chi connectivity index (χ1) is 7.42. The van der Waals surface area contributed by atoms with E-state index in [2.05, 4.69) is 10.3 Å². The zero-order valence-corrected chi connectivity index (χ0v) is 11.4. The van der Waals surface area contributed by atoms with Gasteiger partial charge in [-0.25, -0.2) is 13.4 Å². The number of hydrogen-bond donors (Lipinski definition) is 1. The number of hydrogen-bond acceptors (Lipinski definition) is 6. The third-order valence-electron chi connectivity index (χ3n) is 2.02. The van der Waals surface area contributed by atoms with Crippen molar-refractivity contribution in [3.63, 3.8) is 0 Å². The Balaban J connectivity index is 2.55. The van der Waals surface area contributed by atoms with E-state index in [-0.39, 0.29) is 5.75 Å². The van der Waals surface area contributed by atoms with E-state index in [1.54, 1.807) is 11.3 Å². The van der Waals surface area contributed by atoms with Gasteiger partial charge in [0.1, 0.15) is 9.84 Å². The molecule has 0 spiro atoms. The zero-order chi connectivity index (χ0) is 12.2. The van der Waals surface area contributed by atoms with Gasteiger partial charge in [0, 0.05) is 37.5 Å². The first kappa shape index (κ1) is 13.4. The summed E-state index contributed by atoms with van der Waals surface area (Å²) in [6.07, 6.45) is 3.06. The van der Waals surface area contributed by atoms with Gasteiger partial charge < -0.3 is 10.2 Å². The molecule has 0 aliphatic carbocycles. The van der Waals surface area contributed by atoms with Crippen molar-refractivity contribution in [1.82, 2.24) is 10.3 Å². The van der Waals surface area contributed by atoms with Gasteiger partial charge in [-0.2, -0.15) is 0 Å². The van der Waals surface area contributed by atoms with Crippen LogP contribution in [-0.2, 0) is 16.4 Å². The predicted molar refractivity (Wildman–Crippen MR) is 67.9 cm³/mol. The van der Waals surface area contributed by atoms with E-state index in [9.17, 15) is 8.42 Å². The number of aromatic nitrogens is 1. The maximum atomic E-state index is 11.0. The van der Waals surface area contributed by atoms with Gasteiger partial charge >= 0.3 is 0 Å². The van der Waals surface area contributed by atoms with Crippen molar-refractivity contribution < 1.29 is 8.42 Å². The van der Waals surface area contributed by atoms with E-state index >= 15 is 0 Å². The normalized spacial score (nSPS) is 11.7. The van der Waals surface area contributed by atoms with Crippen LogP contribution in [0.1, 0.15) is 4.88 Å². The molecule has 1 N–H and O–H groups in total. The van der Waals surface area contributed by atoms with Gasteiger partial charge in [-0.3, -0.25) is 0 Å². The van der Waals surface area contributed by atoms with Gasteiger partial charge in [0.25, 0.3) is 0 Å². The highest BCUT2D eigenvalue weighted by Crippen LogP contribution is 2.20. The fourth-order valence-electron chi connectivity index (χ4n) is 1.13. The van der Waals surface area contributed by atoms with Gasteiger partial charge in [0.2, 0.25) is 0 Å². The van der Waals surface area contributed by atoms with Gasteiger partial charge in [0.15, 0.2) is 5.13 Å². The summed E-state index contributed by atoms with van der Waals surface area (Å²) in [5.74, 6) is 0.157. The average molecular weight is 263 g/mol. The number of thiazole rings is 1. The summed E-state index contributed by atoms with van der Waals surface area (Å²) >= 11 is 1.57. The van der Waals surface area contributed by atoms with Crippen molar-refractivity contribution in [3.8, 4) is 0 Å². The van der Waals surface area contributed by atoms with E-state index in [1.807, 2.05) is 25.2 Å². The van der Waals surface area contributed by atoms with Gasteiger partial charge in [0.05, 0.1) is 5.75 Å². The first-order valence-electron chi connectivity index (χ1n) is 4.90. The summed E-state index contributed by atoms with van der Waals surface area (Å²) in [5, 5.41) is 3.90. The lowest BCUT2D eigenvalue weighted by atomic mass is 10.5. The molecule has 1 aromatic heterocycles. The molecule has 0 atom stereocenters. The second kappa shape index (κ2) is 5.60. The average Bonchev–Trinajstić information content (AvgIpc) is 2.62. The molecule has 0 fully saturated rings. The van der Waals surface area contributed by atoms with Crippen LogP contribution in [0.5, 0.6) is 0 Å². The van der Waals surface area contributed by atoms with Crippen LogP contribution in [0.3, 0.4) is 0 Å². The van der Waals surface area contributed by atoms with Gasteiger partial charge in [-0.05, 0) is 7.05 Å². The Morgan fingerprint density at radius 1 is 1.56 bits per heavy atom. The molecule has 0 bridgehead atoms. The summed E-state index contributed by atoms with van der Waals surface area (Å²) in [6.45, 7) is 1.27. The van der Waals surface area contributed by atoms with Crippen LogP contribution in [0.25, 0.3) is 0 Å². The minimum atomic E-state index is -2.91. The maximum absolute atomic E-state index is 11.0. The van der Waals surface area contributed by atoms with E-state index in [4.69, 9.17) is 0 Å². The lowest BCUT2D eigenvalue weighted by Gasteiger charge is -2.14. The highest BCUT2D eigenvalue weighted by molar-refractivity contribution is 7.90. The van der Waals surface area contributed by atoms with Crippen LogP contribution in [-0.4, -0.2) is 46.1 Å². The molecule has 0 aliphatic heterocycles. The monoisotopic (exact) mass is 263 g/mol. The van der Waals surface area contributed by atoms with Crippen LogP contribution < -0.4 is 10.2 Å². The molecular weight excluding hydrogens is 246 g/mol. The van der Waals surface area contributed by atoms with Crippen molar-refractivity contribution in [2.24, 2.45) is 0 Å². The summed E-state index contributed by atoms with van der Waals surface area (Å²) in [4.78, 5) is 7.25. The fourth-order valence-corrected chi connectivity index (χ4v) is 2.64. The van der Waals surface area contributed by atoms with Crippen molar-refractivity contribution in [2.45, 2.75) is 6.54 Å². The molecule has 0 aromatic carbocycles. The quantitative estimate of drug-likeness (QED) is 0.802. The standard InChI is InChI=1S/C9H17N3O2S2/c1-10-6-8-7-11-9(15-8)12(2)4-5-16(3,13)14/h7,10H,4-6H2,1-3H3. The Kier molecular flexibility index (Phi) is 4.69. The molecule has 92 valence electrons. The fraction of sp³-hybridized carbons (Fsp3) is 0.667. The molecule has 1 rings (SSSR count). The van der Waals surface area contributed by atoms with Crippen molar-refractivity contribution in [2.75, 3.05) is 37.5 Å². The number of sulfone groups is 1. The van der Waals surface area contributed by atoms with E-state index in [1.165, 1.54) is 6.26 Å². The van der Waals surface area contributed by atoms with Crippen LogP contribution in [0.15, 0.2) is 6.20 Å². The van der Waals surface area contributed by atoms with E-state index in [0.29, 0.717) is 6.54 Å². The molecule has 0 saturated carbocycles. The number of anilines is 1. The maximum Gasteiger partial charge on any atom is 0.185 e. The van der Waals surface area contributed by atoms with Crippen LogP contribution in [0.2, 0.25) is 0 Å². The Morgan fingerprint density at radius 2 is 2.25 bits per heavy atom. The van der Waals surface area contributed by atoms with Crippen LogP contribution >= 0.6 is 11.3 Å². The lowest BCUT2D eigenvalue weighted by molar-refractivity contribution is 0.601. The largest absolute Gasteiger partial charge is 0.350 e. The summed E-state index contributed by atoms with van der Waals surface area (Å²) < 4.78 is 22.0. The molecule has 0 aliphatic rings. The van der Waals surface area contributed by atoms with Crippen molar-refractivity contribution >= 4 is 26.3 Å². The Morgan fingerprint density at radius 3 is 2.81 bits per heavy atom. The molecule has 7 heteroatoms. The molecule has 5 nitrogen and oxygen atoms in total. The number of nitrogens with one attached hydrogen (secondary N) is 1. The summed E-state index contributed by atoms with van der Waals surface area (Å²) in [6, 6.07) is 0. The van der Waals surface area contributed by atoms with Gasteiger partial charge in [-0.15, -0.1) is 11.3 Å².